The van der Waals surface area contributed by atoms with Gasteiger partial charge in [0.1, 0.15) is 13.2 Å². The Hall–Kier alpha value is -1.56. The van der Waals surface area contributed by atoms with Crippen LogP contribution in [0.25, 0.3) is 0 Å². The van der Waals surface area contributed by atoms with Crippen LogP contribution in [0.3, 0.4) is 0 Å². The fourth-order valence-corrected chi connectivity index (χ4v) is 1.55. The third-order valence-corrected chi connectivity index (χ3v) is 2.47. The van der Waals surface area contributed by atoms with E-state index >= 15 is 0 Å². The standard InChI is InChI=1S/C13H16F3NO2/c1-9-3-4-11(10(2)5-9)6-17-12(18)7-19-8-13(14,15)16/h3-5H,6-8H2,1-2H3,(H,17,18). The Morgan fingerprint density at radius 3 is 2.58 bits per heavy atom. The minimum atomic E-state index is -4.41. The van der Waals surface area contributed by atoms with Crippen molar-refractivity contribution in [2.75, 3.05) is 13.2 Å². The summed E-state index contributed by atoms with van der Waals surface area (Å²) in [5.74, 6) is -0.566. The Morgan fingerprint density at radius 1 is 1.32 bits per heavy atom. The van der Waals surface area contributed by atoms with Crippen molar-refractivity contribution in [3.63, 3.8) is 0 Å². The summed E-state index contributed by atoms with van der Waals surface area (Å²) < 4.78 is 39.6. The van der Waals surface area contributed by atoms with Gasteiger partial charge >= 0.3 is 6.18 Å². The van der Waals surface area contributed by atoms with E-state index in [1.54, 1.807) is 0 Å². The molecule has 0 spiro atoms. The van der Waals surface area contributed by atoms with E-state index in [9.17, 15) is 18.0 Å². The van der Waals surface area contributed by atoms with Crippen LogP contribution in [0.4, 0.5) is 13.2 Å². The van der Waals surface area contributed by atoms with Crippen LogP contribution in [0, 0.1) is 13.8 Å². The topological polar surface area (TPSA) is 38.3 Å². The maximum absolute atomic E-state index is 11.8. The lowest BCUT2D eigenvalue weighted by Gasteiger charge is -2.10. The highest BCUT2D eigenvalue weighted by Crippen LogP contribution is 2.14. The van der Waals surface area contributed by atoms with Gasteiger partial charge in [0.25, 0.3) is 0 Å². The second kappa shape index (κ2) is 6.56. The van der Waals surface area contributed by atoms with Crippen molar-refractivity contribution in [3.8, 4) is 0 Å². The van der Waals surface area contributed by atoms with Gasteiger partial charge < -0.3 is 10.1 Å². The van der Waals surface area contributed by atoms with Gasteiger partial charge in [-0.2, -0.15) is 13.2 Å². The molecule has 0 aliphatic heterocycles. The number of benzene rings is 1. The second-order valence-electron chi connectivity index (χ2n) is 4.31. The summed E-state index contributed by atoms with van der Waals surface area (Å²) in [6.07, 6.45) is -4.41. The molecule has 0 heterocycles. The largest absolute Gasteiger partial charge is 0.411 e. The Labute approximate surface area is 109 Å². The Kier molecular flexibility index (Phi) is 5.35. The third kappa shape index (κ3) is 6.24. The number of hydrogen-bond donors (Lipinski definition) is 1. The average molecular weight is 275 g/mol. The van der Waals surface area contributed by atoms with Crippen LogP contribution in [0.1, 0.15) is 16.7 Å². The molecular formula is C13H16F3NO2. The number of ether oxygens (including phenoxy) is 1. The van der Waals surface area contributed by atoms with Crippen LogP contribution in [0.15, 0.2) is 18.2 Å². The first-order valence-corrected chi connectivity index (χ1v) is 5.75. The number of carbonyl (C=O) groups is 1. The first kappa shape index (κ1) is 15.5. The molecule has 19 heavy (non-hydrogen) atoms. The molecule has 0 bridgehead atoms. The van der Waals surface area contributed by atoms with Crippen LogP contribution in [-0.4, -0.2) is 25.3 Å². The number of hydrogen-bond acceptors (Lipinski definition) is 2. The minimum Gasteiger partial charge on any atom is -0.362 e. The predicted octanol–water partition coefficient (Wildman–Crippen LogP) is 2.50. The highest BCUT2D eigenvalue weighted by atomic mass is 19.4. The lowest BCUT2D eigenvalue weighted by atomic mass is 10.1. The average Bonchev–Trinajstić information content (AvgIpc) is 2.26. The predicted molar refractivity (Wildman–Crippen MR) is 64.6 cm³/mol. The smallest absolute Gasteiger partial charge is 0.362 e. The molecule has 106 valence electrons. The van der Waals surface area contributed by atoms with E-state index in [2.05, 4.69) is 10.1 Å². The maximum atomic E-state index is 11.8. The van der Waals surface area contributed by atoms with E-state index in [1.165, 1.54) is 0 Å². The number of rotatable bonds is 5. The van der Waals surface area contributed by atoms with Gasteiger partial charge in [-0.15, -0.1) is 0 Å². The molecule has 0 aromatic heterocycles. The normalized spacial score (nSPS) is 11.4. The quantitative estimate of drug-likeness (QED) is 0.896. The monoisotopic (exact) mass is 275 g/mol. The van der Waals surface area contributed by atoms with Gasteiger partial charge in [0, 0.05) is 6.54 Å². The zero-order valence-electron chi connectivity index (χ0n) is 10.8. The lowest BCUT2D eigenvalue weighted by Crippen LogP contribution is -2.29. The van der Waals surface area contributed by atoms with E-state index in [0.29, 0.717) is 0 Å². The van der Waals surface area contributed by atoms with Crippen molar-refractivity contribution in [2.45, 2.75) is 26.6 Å². The molecule has 3 nitrogen and oxygen atoms in total. The second-order valence-corrected chi connectivity index (χ2v) is 4.31. The first-order chi connectivity index (χ1) is 8.78. The SMILES string of the molecule is Cc1ccc(CNC(=O)COCC(F)(F)F)c(C)c1. The van der Waals surface area contributed by atoms with Crippen molar-refractivity contribution in [1.29, 1.82) is 0 Å². The fraction of sp³-hybridized carbons (Fsp3) is 0.462. The molecule has 0 aliphatic rings. The molecule has 0 fully saturated rings. The van der Waals surface area contributed by atoms with Crippen molar-refractivity contribution in [2.24, 2.45) is 0 Å². The number of amides is 1. The van der Waals surface area contributed by atoms with Crippen LogP contribution >= 0.6 is 0 Å². The number of nitrogens with one attached hydrogen (secondary N) is 1. The van der Waals surface area contributed by atoms with Gasteiger partial charge in [-0.05, 0) is 25.0 Å². The summed E-state index contributed by atoms with van der Waals surface area (Å²) in [5.41, 5.74) is 3.06. The summed E-state index contributed by atoms with van der Waals surface area (Å²) in [4.78, 5) is 11.3. The summed E-state index contributed by atoms with van der Waals surface area (Å²) >= 11 is 0. The minimum absolute atomic E-state index is 0.278. The molecule has 1 aromatic carbocycles. The van der Waals surface area contributed by atoms with Crippen molar-refractivity contribution < 1.29 is 22.7 Å². The molecule has 0 saturated carbocycles. The highest BCUT2D eigenvalue weighted by Gasteiger charge is 2.27. The summed E-state index contributed by atoms with van der Waals surface area (Å²) in [7, 11) is 0. The molecule has 0 radical (unpaired) electrons. The molecule has 1 amide bonds. The van der Waals surface area contributed by atoms with Crippen LogP contribution < -0.4 is 5.32 Å². The van der Waals surface area contributed by atoms with E-state index in [1.807, 2.05) is 32.0 Å². The van der Waals surface area contributed by atoms with E-state index in [0.717, 1.165) is 16.7 Å². The maximum Gasteiger partial charge on any atom is 0.411 e. The molecule has 0 saturated heterocycles. The Bertz CT molecular complexity index is 444. The van der Waals surface area contributed by atoms with Crippen LogP contribution in [0.2, 0.25) is 0 Å². The molecule has 0 aliphatic carbocycles. The summed E-state index contributed by atoms with van der Waals surface area (Å²) in [6.45, 7) is 2.14. The molecular weight excluding hydrogens is 259 g/mol. The lowest BCUT2D eigenvalue weighted by molar-refractivity contribution is -0.175. The Morgan fingerprint density at radius 2 is 2.00 bits per heavy atom. The molecule has 1 rings (SSSR count). The first-order valence-electron chi connectivity index (χ1n) is 5.75. The summed E-state index contributed by atoms with van der Waals surface area (Å²) in [6, 6.07) is 5.76. The van der Waals surface area contributed by atoms with Gasteiger partial charge in [-0.3, -0.25) is 4.79 Å². The van der Waals surface area contributed by atoms with Gasteiger partial charge in [-0.25, -0.2) is 0 Å². The molecule has 1 aromatic rings. The molecule has 6 heteroatoms. The number of halogens is 3. The van der Waals surface area contributed by atoms with Crippen molar-refractivity contribution >= 4 is 5.91 Å². The Balaban J connectivity index is 2.34. The zero-order chi connectivity index (χ0) is 14.5. The van der Waals surface area contributed by atoms with Crippen LogP contribution in [0.5, 0.6) is 0 Å². The van der Waals surface area contributed by atoms with Gasteiger partial charge in [-0.1, -0.05) is 23.8 Å². The van der Waals surface area contributed by atoms with Crippen molar-refractivity contribution in [3.05, 3.63) is 34.9 Å². The van der Waals surface area contributed by atoms with Gasteiger partial charge in [0.05, 0.1) is 0 Å². The van der Waals surface area contributed by atoms with Gasteiger partial charge in [0.2, 0.25) is 5.91 Å². The van der Waals surface area contributed by atoms with E-state index in [4.69, 9.17) is 0 Å². The number of alkyl halides is 3. The summed E-state index contributed by atoms with van der Waals surface area (Å²) in [5, 5.41) is 2.51. The van der Waals surface area contributed by atoms with Crippen molar-refractivity contribution in [1.82, 2.24) is 5.32 Å². The molecule has 0 unspecified atom stereocenters. The third-order valence-electron chi connectivity index (χ3n) is 2.47. The van der Waals surface area contributed by atoms with E-state index < -0.39 is 25.3 Å². The number of carbonyl (C=O) groups excluding carboxylic acids is 1. The molecule has 0 atom stereocenters. The van der Waals surface area contributed by atoms with E-state index in [-0.39, 0.29) is 6.54 Å². The zero-order valence-corrected chi connectivity index (χ0v) is 10.8. The highest BCUT2D eigenvalue weighted by molar-refractivity contribution is 5.77. The van der Waals surface area contributed by atoms with Gasteiger partial charge in [0.15, 0.2) is 0 Å². The van der Waals surface area contributed by atoms with Crippen LogP contribution in [-0.2, 0) is 16.1 Å². The molecule has 1 N–H and O–H groups in total. The number of aryl methyl sites for hydroxylation is 2. The fourth-order valence-electron chi connectivity index (χ4n) is 1.55.